The minimum absolute atomic E-state index is 0.123. The van der Waals surface area contributed by atoms with Crippen molar-refractivity contribution in [2.45, 2.75) is 0 Å². The van der Waals surface area contributed by atoms with Crippen LogP contribution in [-0.4, -0.2) is 32.9 Å². The first-order valence-corrected chi connectivity index (χ1v) is 6.72. The highest BCUT2D eigenvalue weighted by molar-refractivity contribution is 5.92. The van der Waals surface area contributed by atoms with Gasteiger partial charge in [0.1, 0.15) is 18.2 Å². The van der Waals surface area contributed by atoms with Crippen LogP contribution in [0.1, 0.15) is 0 Å². The van der Waals surface area contributed by atoms with Gasteiger partial charge in [-0.15, -0.1) is 0 Å². The highest BCUT2D eigenvalue weighted by atomic mass is 16.2. The lowest BCUT2D eigenvalue weighted by Gasteiger charge is -2.08. The Kier molecular flexibility index (Phi) is 5.03. The molecule has 0 atom stereocenters. The number of aromatic nitrogens is 3. The summed E-state index contributed by atoms with van der Waals surface area (Å²) in [6.07, 6.45) is 2.82. The van der Waals surface area contributed by atoms with Crippen molar-refractivity contribution < 1.29 is 4.79 Å². The predicted octanol–water partition coefficient (Wildman–Crippen LogP) is -0.442. The summed E-state index contributed by atoms with van der Waals surface area (Å²) in [6.45, 7) is -0.123. The lowest BCUT2D eigenvalue weighted by atomic mass is 10.4. The zero-order chi connectivity index (χ0) is 16.8. The van der Waals surface area contributed by atoms with Crippen LogP contribution in [-0.2, 0) is 18.9 Å². The third-order valence-corrected chi connectivity index (χ3v) is 3.00. The first-order chi connectivity index (χ1) is 11.0. The van der Waals surface area contributed by atoms with Crippen LogP contribution < -0.4 is 21.9 Å². The summed E-state index contributed by atoms with van der Waals surface area (Å²) in [7, 11) is 2.91. The van der Waals surface area contributed by atoms with E-state index in [1.54, 1.807) is 24.4 Å². The molecule has 9 heteroatoms. The molecular formula is C14H16N6O3. The largest absolute Gasteiger partial charge is 0.333 e. The summed E-state index contributed by atoms with van der Waals surface area (Å²) >= 11 is 0. The average molecular weight is 316 g/mol. The van der Waals surface area contributed by atoms with Gasteiger partial charge < -0.3 is 10.6 Å². The predicted molar refractivity (Wildman–Crippen MR) is 86.8 cm³/mol. The van der Waals surface area contributed by atoms with E-state index in [0.29, 0.717) is 5.82 Å². The van der Waals surface area contributed by atoms with Gasteiger partial charge in [-0.05, 0) is 12.1 Å². The van der Waals surface area contributed by atoms with E-state index in [2.05, 4.69) is 20.6 Å². The Morgan fingerprint density at radius 3 is 2.78 bits per heavy atom. The summed E-state index contributed by atoms with van der Waals surface area (Å²) in [5.74, 6) is 0.390. The summed E-state index contributed by atoms with van der Waals surface area (Å²) in [4.78, 5) is 42.8. The molecule has 0 unspecified atom stereocenters. The first kappa shape index (κ1) is 16.1. The summed E-state index contributed by atoms with van der Waals surface area (Å²) in [5.41, 5.74) is -0.891. The highest BCUT2D eigenvalue weighted by Crippen LogP contribution is 1.99. The Morgan fingerprint density at radius 2 is 2.09 bits per heavy atom. The molecule has 2 aromatic rings. The molecule has 0 fully saturated rings. The Balaban J connectivity index is 1.94. The molecule has 2 heterocycles. The molecule has 0 saturated carbocycles. The number of nitrogens with zero attached hydrogens (tertiary/aromatic N) is 4. The number of rotatable bonds is 5. The average Bonchev–Trinajstić information content (AvgIpc) is 2.55. The monoisotopic (exact) mass is 316 g/mol. The lowest BCUT2D eigenvalue weighted by Crippen LogP contribution is -2.37. The van der Waals surface area contributed by atoms with Gasteiger partial charge in [0, 0.05) is 26.4 Å². The second-order valence-electron chi connectivity index (χ2n) is 4.65. The fraction of sp³-hybridized carbons (Fsp3) is 0.214. The minimum atomic E-state index is -0.457. The number of anilines is 2. The van der Waals surface area contributed by atoms with Gasteiger partial charge in [0.25, 0.3) is 5.56 Å². The molecule has 0 bridgehead atoms. The zero-order valence-electron chi connectivity index (χ0n) is 12.7. The normalized spacial score (nSPS) is 10.7. The second kappa shape index (κ2) is 7.16. The van der Waals surface area contributed by atoms with Gasteiger partial charge >= 0.3 is 5.69 Å². The number of aliphatic imine (C=N–C) groups is 1. The van der Waals surface area contributed by atoms with Gasteiger partial charge in [0.15, 0.2) is 0 Å². The van der Waals surface area contributed by atoms with E-state index in [-0.39, 0.29) is 18.3 Å². The van der Waals surface area contributed by atoms with E-state index in [9.17, 15) is 14.4 Å². The SMILES string of the molecule is Cn1c(NC=NCC(=O)Nc2ccccn2)cc(=O)n(C)c1=O. The number of pyridine rings is 1. The first-order valence-electron chi connectivity index (χ1n) is 6.72. The van der Waals surface area contributed by atoms with Crippen molar-refractivity contribution in [3.05, 3.63) is 51.3 Å². The Labute approximate surface area is 131 Å². The van der Waals surface area contributed by atoms with Gasteiger partial charge in [0.05, 0.1) is 6.34 Å². The molecular weight excluding hydrogens is 300 g/mol. The molecule has 1 amide bonds. The molecule has 0 aliphatic rings. The van der Waals surface area contributed by atoms with E-state index in [4.69, 9.17) is 0 Å². The van der Waals surface area contributed by atoms with Crippen molar-refractivity contribution in [2.24, 2.45) is 19.1 Å². The standard InChI is InChI=1S/C14H16N6O3/c1-19-11(7-13(22)20(2)14(19)23)17-9-15-8-12(21)18-10-5-3-4-6-16-10/h3-7,9H,8H2,1-2H3,(H,15,17)(H,16,18,21). The van der Waals surface area contributed by atoms with Crippen LogP contribution in [0.15, 0.2) is 45.0 Å². The third kappa shape index (κ3) is 4.13. The van der Waals surface area contributed by atoms with Crippen LogP contribution in [0.3, 0.4) is 0 Å². The van der Waals surface area contributed by atoms with E-state index in [1.807, 2.05) is 0 Å². The molecule has 0 saturated heterocycles. The minimum Gasteiger partial charge on any atom is -0.333 e. The number of hydrogen-bond donors (Lipinski definition) is 2. The molecule has 23 heavy (non-hydrogen) atoms. The summed E-state index contributed by atoms with van der Waals surface area (Å²) < 4.78 is 2.25. The molecule has 9 nitrogen and oxygen atoms in total. The van der Waals surface area contributed by atoms with Crippen molar-refractivity contribution in [2.75, 3.05) is 17.2 Å². The van der Waals surface area contributed by atoms with Crippen LogP contribution in [0.2, 0.25) is 0 Å². The number of amides is 1. The number of hydrogen-bond acceptors (Lipinski definition) is 5. The maximum Gasteiger partial charge on any atom is 0.332 e. The van der Waals surface area contributed by atoms with E-state index in [0.717, 1.165) is 4.57 Å². The van der Waals surface area contributed by atoms with E-state index < -0.39 is 11.2 Å². The molecule has 0 spiro atoms. The van der Waals surface area contributed by atoms with Gasteiger partial charge in [-0.25, -0.2) is 9.78 Å². The van der Waals surface area contributed by atoms with Crippen molar-refractivity contribution >= 4 is 23.9 Å². The second-order valence-corrected chi connectivity index (χ2v) is 4.65. The molecule has 0 aliphatic heterocycles. The maximum absolute atomic E-state index is 11.7. The number of carbonyl (C=O) groups is 1. The zero-order valence-corrected chi connectivity index (χ0v) is 12.7. The molecule has 2 N–H and O–H groups in total. The Bertz CT molecular complexity index is 838. The van der Waals surface area contributed by atoms with Crippen molar-refractivity contribution in [1.82, 2.24) is 14.1 Å². The molecule has 2 aromatic heterocycles. The summed E-state index contributed by atoms with van der Waals surface area (Å²) in [5, 5.41) is 5.28. The fourth-order valence-electron chi connectivity index (χ4n) is 1.73. The number of carbonyl (C=O) groups excluding carboxylic acids is 1. The highest BCUT2D eigenvalue weighted by Gasteiger charge is 2.04. The molecule has 2 rings (SSSR count). The van der Waals surface area contributed by atoms with Crippen molar-refractivity contribution in [3.63, 3.8) is 0 Å². The Morgan fingerprint density at radius 1 is 1.30 bits per heavy atom. The molecule has 120 valence electrons. The topological polar surface area (TPSA) is 110 Å². The van der Waals surface area contributed by atoms with Crippen LogP contribution >= 0.6 is 0 Å². The van der Waals surface area contributed by atoms with Crippen LogP contribution in [0.25, 0.3) is 0 Å². The smallest absolute Gasteiger partial charge is 0.332 e. The third-order valence-electron chi connectivity index (χ3n) is 3.00. The van der Waals surface area contributed by atoms with E-state index >= 15 is 0 Å². The van der Waals surface area contributed by atoms with E-state index in [1.165, 1.54) is 31.1 Å². The molecule has 0 radical (unpaired) electrons. The maximum atomic E-state index is 11.7. The van der Waals surface area contributed by atoms with Crippen LogP contribution in [0.4, 0.5) is 11.6 Å². The van der Waals surface area contributed by atoms with Crippen molar-refractivity contribution in [1.29, 1.82) is 0 Å². The Hall–Kier alpha value is -3.23. The van der Waals surface area contributed by atoms with Crippen LogP contribution in [0.5, 0.6) is 0 Å². The lowest BCUT2D eigenvalue weighted by molar-refractivity contribution is -0.114. The van der Waals surface area contributed by atoms with Crippen molar-refractivity contribution in [3.8, 4) is 0 Å². The van der Waals surface area contributed by atoms with Gasteiger partial charge in [-0.1, -0.05) is 6.07 Å². The van der Waals surface area contributed by atoms with Gasteiger partial charge in [0.2, 0.25) is 5.91 Å². The molecule has 0 aliphatic carbocycles. The van der Waals surface area contributed by atoms with Gasteiger partial charge in [-0.2, -0.15) is 0 Å². The quantitative estimate of drug-likeness (QED) is 0.574. The fourth-order valence-corrected chi connectivity index (χ4v) is 1.73. The number of nitrogens with one attached hydrogen (secondary N) is 2. The summed E-state index contributed by atoms with van der Waals surface area (Å²) in [6, 6.07) is 6.42. The molecule has 0 aromatic carbocycles. The van der Waals surface area contributed by atoms with Crippen LogP contribution in [0, 0.1) is 0 Å². The van der Waals surface area contributed by atoms with Gasteiger partial charge in [-0.3, -0.25) is 23.7 Å².